The highest BCUT2D eigenvalue weighted by atomic mass is 16.2. The number of rotatable bonds is 3. The number of likely N-dealkylation sites (tertiary alicyclic amines) is 1. The first-order chi connectivity index (χ1) is 6.02. The fourth-order valence-corrected chi connectivity index (χ4v) is 1.40. The standard InChI is InChI=1S/C9H14N2O2/c1-6-5-8(10)11(9(6)13)4-3-7(2)12/h6,10H,3-5H2,1-2H3. The molecule has 0 saturated carbocycles. The van der Waals surface area contributed by atoms with Crippen molar-refractivity contribution in [2.24, 2.45) is 5.92 Å². The van der Waals surface area contributed by atoms with E-state index in [9.17, 15) is 9.59 Å². The molecule has 0 aliphatic carbocycles. The van der Waals surface area contributed by atoms with Gasteiger partial charge in [-0.25, -0.2) is 0 Å². The summed E-state index contributed by atoms with van der Waals surface area (Å²) in [5, 5.41) is 7.50. The van der Waals surface area contributed by atoms with E-state index in [0.717, 1.165) is 0 Å². The highest BCUT2D eigenvalue weighted by Crippen LogP contribution is 2.18. The van der Waals surface area contributed by atoms with Crippen LogP contribution < -0.4 is 0 Å². The number of amidine groups is 1. The molecule has 1 rings (SSSR count). The van der Waals surface area contributed by atoms with Gasteiger partial charge in [0.15, 0.2) is 0 Å². The Morgan fingerprint density at radius 3 is 2.69 bits per heavy atom. The maximum Gasteiger partial charge on any atom is 0.231 e. The van der Waals surface area contributed by atoms with Gasteiger partial charge in [0, 0.05) is 25.3 Å². The first kappa shape index (κ1) is 9.89. The Morgan fingerprint density at radius 1 is 1.69 bits per heavy atom. The van der Waals surface area contributed by atoms with Gasteiger partial charge in [0.05, 0.1) is 0 Å². The van der Waals surface area contributed by atoms with Crippen LogP contribution in [0.5, 0.6) is 0 Å². The van der Waals surface area contributed by atoms with Crippen LogP contribution in [0.2, 0.25) is 0 Å². The van der Waals surface area contributed by atoms with E-state index in [1.54, 1.807) is 0 Å². The number of carbonyl (C=O) groups is 2. The third-order valence-electron chi connectivity index (χ3n) is 2.20. The first-order valence-electron chi connectivity index (χ1n) is 4.40. The monoisotopic (exact) mass is 182 g/mol. The summed E-state index contributed by atoms with van der Waals surface area (Å²) in [6.45, 7) is 3.68. The second kappa shape index (κ2) is 3.68. The minimum atomic E-state index is -0.0838. The summed E-state index contributed by atoms with van der Waals surface area (Å²) >= 11 is 0. The average Bonchev–Trinajstić information content (AvgIpc) is 2.24. The molecule has 1 unspecified atom stereocenters. The lowest BCUT2D eigenvalue weighted by Crippen LogP contribution is -2.31. The summed E-state index contributed by atoms with van der Waals surface area (Å²) < 4.78 is 0. The quantitative estimate of drug-likeness (QED) is 0.702. The summed E-state index contributed by atoms with van der Waals surface area (Å²) in [5.74, 6) is 0.296. The lowest BCUT2D eigenvalue weighted by molar-refractivity contribution is -0.129. The maximum atomic E-state index is 11.4. The Balaban J connectivity index is 2.54. The third kappa shape index (κ3) is 2.14. The van der Waals surface area contributed by atoms with Crippen molar-refractivity contribution < 1.29 is 9.59 Å². The van der Waals surface area contributed by atoms with Crippen molar-refractivity contribution in [2.75, 3.05) is 6.54 Å². The van der Waals surface area contributed by atoms with E-state index in [0.29, 0.717) is 25.2 Å². The van der Waals surface area contributed by atoms with Crippen LogP contribution in [0.4, 0.5) is 0 Å². The molecule has 1 atom stereocenters. The van der Waals surface area contributed by atoms with Crippen LogP contribution in [0.3, 0.4) is 0 Å². The molecule has 0 aromatic carbocycles. The van der Waals surface area contributed by atoms with Crippen LogP contribution in [0, 0.1) is 11.3 Å². The maximum absolute atomic E-state index is 11.4. The summed E-state index contributed by atoms with van der Waals surface area (Å²) in [5.41, 5.74) is 0. The van der Waals surface area contributed by atoms with E-state index in [4.69, 9.17) is 5.41 Å². The van der Waals surface area contributed by atoms with Crippen LogP contribution in [0.1, 0.15) is 26.7 Å². The zero-order valence-electron chi connectivity index (χ0n) is 7.96. The summed E-state index contributed by atoms with van der Waals surface area (Å²) in [6.07, 6.45) is 0.859. The average molecular weight is 182 g/mol. The van der Waals surface area contributed by atoms with Gasteiger partial charge >= 0.3 is 0 Å². The van der Waals surface area contributed by atoms with Gasteiger partial charge in [-0.05, 0) is 6.92 Å². The molecule has 1 saturated heterocycles. The number of hydrogen-bond donors (Lipinski definition) is 1. The first-order valence-corrected chi connectivity index (χ1v) is 4.40. The van der Waals surface area contributed by atoms with E-state index < -0.39 is 0 Å². The number of amides is 1. The molecule has 72 valence electrons. The second-order valence-electron chi connectivity index (χ2n) is 3.49. The van der Waals surface area contributed by atoms with Gasteiger partial charge in [0.25, 0.3) is 0 Å². The third-order valence-corrected chi connectivity index (χ3v) is 2.20. The molecule has 1 aliphatic rings. The molecule has 4 nitrogen and oxygen atoms in total. The number of hydrogen-bond acceptors (Lipinski definition) is 3. The Labute approximate surface area is 77.4 Å². The SMILES string of the molecule is CC(=O)CCN1C(=N)CC(C)C1=O. The molecule has 1 amide bonds. The lowest BCUT2D eigenvalue weighted by Gasteiger charge is -2.14. The largest absolute Gasteiger partial charge is 0.300 e. The Bertz CT molecular complexity index is 260. The molecule has 1 aliphatic heterocycles. The second-order valence-corrected chi connectivity index (χ2v) is 3.49. The number of nitrogens with one attached hydrogen (secondary N) is 1. The van der Waals surface area contributed by atoms with E-state index in [1.807, 2.05) is 6.92 Å². The van der Waals surface area contributed by atoms with E-state index in [-0.39, 0.29) is 17.6 Å². The number of carbonyl (C=O) groups excluding carboxylic acids is 2. The highest BCUT2D eigenvalue weighted by molar-refractivity contribution is 6.04. The van der Waals surface area contributed by atoms with Crippen molar-refractivity contribution in [3.05, 3.63) is 0 Å². The Morgan fingerprint density at radius 2 is 2.31 bits per heavy atom. The van der Waals surface area contributed by atoms with Crippen LogP contribution in [-0.4, -0.2) is 29.0 Å². The molecule has 1 heterocycles. The normalized spacial score (nSPS) is 22.6. The van der Waals surface area contributed by atoms with Gasteiger partial charge in [0.2, 0.25) is 5.91 Å². The fourth-order valence-electron chi connectivity index (χ4n) is 1.40. The minimum Gasteiger partial charge on any atom is -0.300 e. The number of nitrogens with zero attached hydrogens (tertiary/aromatic N) is 1. The number of ketones is 1. The van der Waals surface area contributed by atoms with Gasteiger partial charge in [-0.1, -0.05) is 6.92 Å². The molecule has 0 bridgehead atoms. The summed E-state index contributed by atoms with van der Waals surface area (Å²) in [7, 11) is 0. The Kier molecular flexibility index (Phi) is 2.80. The summed E-state index contributed by atoms with van der Waals surface area (Å²) in [4.78, 5) is 23.5. The van der Waals surface area contributed by atoms with Gasteiger partial charge in [-0.3, -0.25) is 15.0 Å². The van der Waals surface area contributed by atoms with Crippen molar-refractivity contribution in [3.63, 3.8) is 0 Å². The van der Waals surface area contributed by atoms with Crippen molar-refractivity contribution in [2.45, 2.75) is 26.7 Å². The molecule has 1 fully saturated rings. The van der Waals surface area contributed by atoms with Crippen LogP contribution >= 0.6 is 0 Å². The summed E-state index contributed by atoms with van der Waals surface area (Å²) in [6, 6.07) is 0. The van der Waals surface area contributed by atoms with Crippen molar-refractivity contribution in [1.29, 1.82) is 5.41 Å². The highest BCUT2D eigenvalue weighted by Gasteiger charge is 2.32. The molecular weight excluding hydrogens is 168 g/mol. The zero-order valence-corrected chi connectivity index (χ0v) is 7.96. The van der Waals surface area contributed by atoms with Gasteiger partial charge in [-0.2, -0.15) is 0 Å². The Hall–Kier alpha value is -1.19. The van der Waals surface area contributed by atoms with Crippen molar-refractivity contribution >= 4 is 17.5 Å². The molecule has 1 N–H and O–H groups in total. The molecule has 13 heavy (non-hydrogen) atoms. The van der Waals surface area contributed by atoms with Gasteiger partial charge in [-0.15, -0.1) is 0 Å². The number of Topliss-reactive ketones (excluding diaryl/α,β-unsaturated/α-hetero) is 1. The fraction of sp³-hybridized carbons (Fsp3) is 0.667. The van der Waals surface area contributed by atoms with Gasteiger partial charge in [0.1, 0.15) is 11.6 Å². The lowest BCUT2D eigenvalue weighted by atomic mass is 10.1. The zero-order chi connectivity index (χ0) is 10.0. The predicted octanol–water partition coefficient (Wildman–Crippen LogP) is 0.811. The molecule has 4 heteroatoms. The van der Waals surface area contributed by atoms with Crippen LogP contribution in [-0.2, 0) is 9.59 Å². The van der Waals surface area contributed by atoms with Crippen LogP contribution in [0.15, 0.2) is 0 Å². The molecular formula is C9H14N2O2. The molecule has 0 spiro atoms. The van der Waals surface area contributed by atoms with E-state index in [2.05, 4.69) is 0 Å². The van der Waals surface area contributed by atoms with Crippen LogP contribution in [0.25, 0.3) is 0 Å². The molecule has 0 aromatic heterocycles. The predicted molar refractivity (Wildman–Crippen MR) is 48.5 cm³/mol. The molecule has 0 aromatic rings. The molecule has 0 radical (unpaired) electrons. The topological polar surface area (TPSA) is 61.2 Å². The van der Waals surface area contributed by atoms with E-state index in [1.165, 1.54) is 11.8 Å². The minimum absolute atomic E-state index is 0.0220. The van der Waals surface area contributed by atoms with Crippen molar-refractivity contribution in [1.82, 2.24) is 4.90 Å². The van der Waals surface area contributed by atoms with Gasteiger partial charge < -0.3 is 4.90 Å². The van der Waals surface area contributed by atoms with E-state index >= 15 is 0 Å². The van der Waals surface area contributed by atoms with Crippen molar-refractivity contribution in [3.8, 4) is 0 Å². The smallest absolute Gasteiger partial charge is 0.231 e.